The summed E-state index contributed by atoms with van der Waals surface area (Å²) in [5, 5.41) is 3.62. The molecule has 2 heterocycles. The number of carbonyl (C=O) groups is 2. The number of anilines is 1. The van der Waals surface area contributed by atoms with Crippen molar-refractivity contribution in [1.29, 1.82) is 0 Å². The Morgan fingerprint density at radius 2 is 1.71 bits per heavy atom. The molecule has 1 N–H and O–H groups in total. The Balaban J connectivity index is 1.48. The molecule has 0 unspecified atom stereocenters. The lowest BCUT2D eigenvalue weighted by Crippen LogP contribution is -2.13. The van der Waals surface area contributed by atoms with Crippen LogP contribution in [0, 0.1) is 0 Å². The summed E-state index contributed by atoms with van der Waals surface area (Å²) >= 11 is 1.60. The summed E-state index contributed by atoms with van der Waals surface area (Å²) in [7, 11) is 1.31. The Morgan fingerprint density at radius 1 is 0.964 bits per heavy atom. The van der Waals surface area contributed by atoms with Gasteiger partial charge < -0.3 is 10.1 Å². The van der Waals surface area contributed by atoms with Gasteiger partial charge >= 0.3 is 5.97 Å². The van der Waals surface area contributed by atoms with Gasteiger partial charge in [-0.2, -0.15) is 0 Å². The number of nitrogens with zero attached hydrogens (tertiary/aromatic N) is 2. The summed E-state index contributed by atoms with van der Waals surface area (Å²) in [6.07, 6.45) is 1.69. The van der Waals surface area contributed by atoms with Crippen LogP contribution in [0.2, 0.25) is 0 Å². The van der Waals surface area contributed by atoms with E-state index in [4.69, 9.17) is 0 Å². The minimum atomic E-state index is -0.445. The molecule has 28 heavy (non-hydrogen) atoms. The number of thiazole rings is 1. The monoisotopic (exact) mass is 389 g/mol. The third-order valence-electron chi connectivity index (χ3n) is 4.11. The van der Waals surface area contributed by atoms with Gasteiger partial charge in [0.25, 0.3) is 5.91 Å². The van der Waals surface area contributed by atoms with E-state index in [9.17, 15) is 9.59 Å². The molecule has 4 rings (SSSR count). The van der Waals surface area contributed by atoms with E-state index in [-0.39, 0.29) is 5.91 Å². The predicted molar refractivity (Wildman–Crippen MR) is 109 cm³/mol. The number of aromatic nitrogens is 2. The molecule has 0 atom stereocenters. The molecule has 0 saturated heterocycles. The van der Waals surface area contributed by atoms with E-state index in [1.54, 1.807) is 47.9 Å². The number of para-hydroxylation sites is 1. The standard InChI is InChI=1S/C21H15N3O3S/c1-27-21(26)14-8-6-13(7-9-14)19(25)24-18-11-10-15(12-22-18)20-23-16-4-2-3-5-17(16)28-20/h2-12H,1H3,(H,22,24,25). The number of ether oxygens (including phenoxy) is 1. The Kier molecular flexibility index (Phi) is 4.82. The van der Waals surface area contributed by atoms with Crippen LogP contribution in [0.25, 0.3) is 20.8 Å². The Labute approximate surface area is 164 Å². The highest BCUT2D eigenvalue weighted by Crippen LogP contribution is 2.29. The largest absolute Gasteiger partial charge is 0.465 e. The van der Waals surface area contributed by atoms with Gasteiger partial charge in [-0.3, -0.25) is 4.79 Å². The third kappa shape index (κ3) is 3.60. The summed E-state index contributed by atoms with van der Waals surface area (Å²) < 4.78 is 5.76. The van der Waals surface area contributed by atoms with E-state index in [2.05, 4.69) is 20.0 Å². The van der Waals surface area contributed by atoms with Crippen molar-refractivity contribution < 1.29 is 14.3 Å². The Morgan fingerprint density at radius 3 is 2.39 bits per heavy atom. The number of pyridine rings is 1. The molecule has 1 amide bonds. The van der Waals surface area contributed by atoms with Gasteiger partial charge in [0, 0.05) is 17.3 Å². The van der Waals surface area contributed by atoms with Crippen LogP contribution in [0.3, 0.4) is 0 Å². The van der Waals surface area contributed by atoms with Gasteiger partial charge in [-0.25, -0.2) is 14.8 Å². The molecule has 2 aromatic heterocycles. The highest BCUT2D eigenvalue weighted by atomic mass is 32.1. The molecule has 4 aromatic rings. The third-order valence-corrected chi connectivity index (χ3v) is 5.20. The molecule has 0 saturated carbocycles. The molecule has 0 spiro atoms. The van der Waals surface area contributed by atoms with Gasteiger partial charge in [0.15, 0.2) is 0 Å². The first kappa shape index (κ1) is 17.8. The molecule has 2 aromatic carbocycles. The van der Waals surface area contributed by atoms with Crippen molar-refractivity contribution in [2.75, 3.05) is 12.4 Å². The molecule has 6 nitrogen and oxygen atoms in total. The molecule has 0 aliphatic carbocycles. The lowest BCUT2D eigenvalue weighted by atomic mass is 10.1. The first-order valence-electron chi connectivity index (χ1n) is 8.46. The molecule has 7 heteroatoms. The first-order chi connectivity index (χ1) is 13.6. The van der Waals surface area contributed by atoms with Crippen LogP contribution in [0.4, 0.5) is 5.82 Å². The fraction of sp³-hybridized carbons (Fsp3) is 0.0476. The zero-order valence-electron chi connectivity index (χ0n) is 14.9. The normalized spacial score (nSPS) is 10.6. The van der Waals surface area contributed by atoms with Crippen molar-refractivity contribution in [2.45, 2.75) is 0 Å². The van der Waals surface area contributed by atoms with Gasteiger partial charge in [0.05, 0.1) is 22.9 Å². The summed E-state index contributed by atoms with van der Waals surface area (Å²) in [4.78, 5) is 32.7. The van der Waals surface area contributed by atoms with Crippen LogP contribution >= 0.6 is 11.3 Å². The average Bonchev–Trinajstić information content (AvgIpc) is 3.18. The van der Waals surface area contributed by atoms with Crippen LogP contribution in [0.15, 0.2) is 66.9 Å². The lowest BCUT2D eigenvalue weighted by molar-refractivity contribution is 0.0600. The zero-order valence-corrected chi connectivity index (χ0v) is 15.7. The second kappa shape index (κ2) is 7.58. The predicted octanol–water partition coefficient (Wildman–Crippen LogP) is 4.40. The van der Waals surface area contributed by atoms with Crippen molar-refractivity contribution >= 4 is 39.2 Å². The maximum atomic E-state index is 12.4. The maximum Gasteiger partial charge on any atom is 0.337 e. The molecule has 0 aliphatic rings. The summed E-state index contributed by atoms with van der Waals surface area (Å²) in [6.45, 7) is 0. The molecular weight excluding hydrogens is 374 g/mol. The number of fused-ring (bicyclic) bond motifs is 1. The van der Waals surface area contributed by atoms with Crippen LogP contribution in [-0.2, 0) is 4.74 Å². The van der Waals surface area contributed by atoms with E-state index in [0.717, 1.165) is 20.8 Å². The number of nitrogens with one attached hydrogen (secondary N) is 1. The highest BCUT2D eigenvalue weighted by molar-refractivity contribution is 7.21. The van der Waals surface area contributed by atoms with Gasteiger partial charge in [-0.1, -0.05) is 12.1 Å². The number of rotatable bonds is 4. The molecule has 138 valence electrons. The number of benzene rings is 2. The van der Waals surface area contributed by atoms with Crippen molar-refractivity contribution in [1.82, 2.24) is 9.97 Å². The summed E-state index contributed by atoms with van der Waals surface area (Å²) in [6, 6.07) is 17.8. The van der Waals surface area contributed by atoms with E-state index in [0.29, 0.717) is 16.9 Å². The van der Waals surface area contributed by atoms with Crippen molar-refractivity contribution in [3.05, 3.63) is 78.0 Å². The minimum absolute atomic E-state index is 0.309. The zero-order chi connectivity index (χ0) is 19.5. The van der Waals surface area contributed by atoms with Crippen LogP contribution in [-0.4, -0.2) is 29.0 Å². The fourth-order valence-electron chi connectivity index (χ4n) is 2.65. The maximum absolute atomic E-state index is 12.4. The fourth-order valence-corrected chi connectivity index (χ4v) is 3.61. The molecule has 0 fully saturated rings. The number of hydrogen-bond acceptors (Lipinski definition) is 6. The molecular formula is C21H15N3O3S. The van der Waals surface area contributed by atoms with Gasteiger partial charge in [0.1, 0.15) is 10.8 Å². The number of methoxy groups -OCH3 is 1. The summed E-state index contributed by atoms with van der Waals surface area (Å²) in [5.74, 6) is -0.317. The smallest absolute Gasteiger partial charge is 0.337 e. The minimum Gasteiger partial charge on any atom is -0.465 e. The average molecular weight is 389 g/mol. The van der Waals surface area contributed by atoms with E-state index in [1.807, 2.05) is 30.3 Å². The SMILES string of the molecule is COC(=O)c1ccc(C(=O)Nc2ccc(-c3nc4ccccc4s3)cn2)cc1. The summed E-state index contributed by atoms with van der Waals surface area (Å²) in [5.41, 5.74) is 2.65. The van der Waals surface area contributed by atoms with Crippen LogP contribution in [0.1, 0.15) is 20.7 Å². The van der Waals surface area contributed by atoms with Crippen LogP contribution in [0.5, 0.6) is 0 Å². The number of esters is 1. The van der Waals surface area contributed by atoms with E-state index < -0.39 is 5.97 Å². The second-order valence-electron chi connectivity index (χ2n) is 5.94. The quantitative estimate of drug-likeness (QED) is 0.523. The Hall–Kier alpha value is -3.58. The number of carbonyl (C=O) groups excluding carboxylic acids is 2. The molecule has 0 radical (unpaired) electrons. The number of amides is 1. The number of hydrogen-bond donors (Lipinski definition) is 1. The van der Waals surface area contributed by atoms with E-state index in [1.165, 1.54) is 7.11 Å². The van der Waals surface area contributed by atoms with Crippen molar-refractivity contribution in [3.8, 4) is 10.6 Å². The van der Waals surface area contributed by atoms with Crippen molar-refractivity contribution in [2.24, 2.45) is 0 Å². The van der Waals surface area contributed by atoms with Crippen LogP contribution < -0.4 is 5.32 Å². The Bertz CT molecular complexity index is 1120. The molecule has 0 bridgehead atoms. The van der Waals surface area contributed by atoms with Gasteiger partial charge in [0.2, 0.25) is 0 Å². The molecule has 0 aliphatic heterocycles. The lowest BCUT2D eigenvalue weighted by Gasteiger charge is -2.06. The van der Waals surface area contributed by atoms with E-state index >= 15 is 0 Å². The van der Waals surface area contributed by atoms with Gasteiger partial charge in [-0.15, -0.1) is 11.3 Å². The first-order valence-corrected chi connectivity index (χ1v) is 9.27. The van der Waals surface area contributed by atoms with Gasteiger partial charge in [-0.05, 0) is 48.5 Å². The highest BCUT2D eigenvalue weighted by Gasteiger charge is 2.11. The topological polar surface area (TPSA) is 81.2 Å². The van der Waals surface area contributed by atoms with Crippen molar-refractivity contribution in [3.63, 3.8) is 0 Å². The second-order valence-corrected chi connectivity index (χ2v) is 6.97.